The van der Waals surface area contributed by atoms with Gasteiger partial charge in [0.1, 0.15) is 0 Å². The van der Waals surface area contributed by atoms with Gasteiger partial charge in [0.25, 0.3) is 0 Å². The summed E-state index contributed by atoms with van der Waals surface area (Å²) < 4.78 is 5.41. The molecule has 25 heavy (non-hydrogen) atoms. The first-order chi connectivity index (χ1) is 11.8. The van der Waals surface area contributed by atoms with Gasteiger partial charge in [-0.2, -0.15) is 0 Å². The van der Waals surface area contributed by atoms with Gasteiger partial charge >= 0.3 is 0 Å². The number of ether oxygens (including phenoxy) is 1. The van der Waals surface area contributed by atoms with Gasteiger partial charge < -0.3 is 20.3 Å². The molecule has 2 amide bonds. The number of hydrogen-bond donors (Lipinski definition) is 2. The molecule has 2 saturated heterocycles. The lowest BCUT2D eigenvalue weighted by Crippen LogP contribution is -2.54. The molecule has 0 aromatic carbocycles. The number of carbonyl (C=O) groups excluding carboxylic acids is 2. The van der Waals surface area contributed by atoms with E-state index in [4.69, 9.17) is 4.74 Å². The fourth-order valence-electron chi connectivity index (χ4n) is 3.86. The minimum absolute atomic E-state index is 0.0742. The van der Waals surface area contributed by atoms with Crippen LogP contribution in [0.1, 0.15) is 46.5 Å². The first-order valence-electron chi connectivity index (χ1n) is 9.56. The number of likely N-dealkylation sites (tertiary alicyclic amines) is 1. The molecule has 0 aromatic rings. The van der Waals surface area contributed by atoms with Gasteiger partial charge in [-0.15, -0.1) is 0 Å². The number of methoxy groups -OCH3 is 1. The van der Waals surface area contributed by atoms with Crippen LogP contribution in [0.4, 0.5) is 0 Å². The standard InChI is InChI=1S/C19H35N3O3/c1-18(2,3)16(23)21-12-15-6-5-11-22(13-15)17(24)19(14-25-4)7-9-20-10-8-19/h15,20H,5-14H2,1-4H3,(H,21,23). The van der Waals surface area contributed by atoms with Gasteiger partial charge in [0.05, 0.1) is 12.0 Å². The molecule has 6 nitrogen and oxygen atoms in total. The number of rotatable bonds is 5. The Morgan fingerprint density at radius 3 is 2.56 bits per heavy atom. The lowest BCUT2D eigenvalue weighted by Gasteiger charge is -2.42. The first-order valence-corrected chi connectivity index (χ1v) is 9.56. The van der Waals surface area contributed by atoms with E-state index in [0.717, 1.165) is 51.9 Å². The summed E-state index contributed by atoms with van der Waals surface area (Å²) >= 11 is 0. The summed E-state index contributed by atoms with van der Waals surface area (Å²) in [6.07, 6.45) is 3.74. The lowest BCUT2D eigenvalue weighted by atomic mass is 9.77. The summed E-state index contributed by atoms with van der Waals surface area (Å²) in [6.45, 7) is 10.2. The second-order valence-corrected chi connectivity index (χ2v) is 8.68. The molecule has 2 rings (SSSR count). The van der Waals surface area contributed by atoms with Crippen LogP contribution < -0.4 is 10.6 Å². The van der Waals surface area contributed by atoms with Crippen LogP contribution in [0.15, 0.2) is 0 Å². The van der Waals surface area contributed by atoms with Crippen molar-refractivity contribution >= 4 is 11.8 Å². The van der Waals surface area contributed by atoms with Crippen LogP contribution in [0.25, 0.3) is 0 Å². The molecule has 2 heterocycles. The molecule has 0 aromatic heterocycles. The summed E-state index contributed by atoms with van der Waals surface area (Å²) in [5.41, 5.74) is -0.752. The van der Waals surface area contributed by atoms with E-state index in [1.807, 2.05) is 25.7 Å². The predicted octanol–water partition coefficient (Wildman–Crippen LogP) is 1.40. The molecule has 144 valence electrons. The van der Waals surface area contributed by atoms with Crippen LogP contribution >= 0.6 is 0 Å². The van der Waals surface area contributed by atoms with Crippen molar-refractivity contribution in [3.8, 4) is 0 Å². The maximum atomic E-state index is 13.2. The topological polar surface area (TPSA) is 70.7 Å². The van der Waals surface area contributed by atoms with E-state index in [1.165, 1.54) is 0 Å². The van der Waals surface area contributed by atoms with Crippen molar-refractivity contribution in [3.05, 3.63) is 0 Å². The lowest BCUT2D eigenvalue weighted by molar-refractivity contribution is -0.149. The summed E-state index contributed by atoms with van der Waals surface area (Å²) in [4.78, 5) is 27.3. The quantitative estimate of drug-likeness (QED) is 0.784. The largest absolute Gasteiger partial charge is 0.384 e. The van der Waals surface area contributed by atoms with Gasteiger partial charge in [-0.05, 0) is 44.7 Å². The van der Waals surface area contributed by atoms with Crippen molar-refractivity contribution in [1.82, 2.24) is 15.5 Å². The summed E-state index contributed by atoms with van der Waals surface area (Å²) in [5, 5.41) is 6.39. The van der Waals surface area contributed by atoms with Crippen LogP contribution in [0.3, 0.4) is 0 Å². The Bertz CT molecular complexity index is 462. The number of nitrogens with zero attached hydrogens (tertiary/aromatic N) is 1. The molecule has 0 saturated carbocycles. The average molecular weight is 354 g/mol. The van der Waals surface area contributed by atoms with Gasteiger partial charge in [-0.1, -0.05) is 20.8 Å². The molecule has 1 atom stereocenters. The zero-order valence-electron chi connectivity index (χ0n) is 16.3. The summed E-state index contributed by atoms with van der Waals surface area (Å²) in [5.74, 6) is 0.651. The minimum Gasteiger partial charge on any atom is -0.384 e. The molecule has 2 N–H and O–H groups in total. The molecular formula is C19H35N3O3. The maximum Gasteiger partial charge on any atom is 0.231 e. The highest BCUT2D eigenvalue weighted by atomic mass is 16.5. The minimum atomic E-state index is -0.378. The zero-order valence-corrected chi connectivity index (χ0v) is 16.3. The Labute approximate surface area is 152 Å². The van der Waals surface area contributed by atoms with Crippen molar-refractivity contribution in [2.45, 2.75) is 46.5 Å². The zero-order chi connectivity index (χ0) is 18.5. The number of amides is 2. The Morgan fingerprint density at radius 2 is 1.96 bits per heavy atom. The molecule has 0 radical (unpaired) electrons. The highest BCUT2D eigenvalue weighted by Gasteiger charge is 2.43. The molecule has 0 bridgehead atoms. The fraction of sp³-hybridized carbons (Fsp3) is 0.895. The van der Waals surface area contributed by atoms with Crippen molar-refractivity contribution in [1.29, 1.82) is 0 Å². The fourth-order valence-corrected chi connectivity index (χ4v) is 3.86. The Hall–Kier alpha value is -1.14. The molecule has 0 spiro atoms. The van der Waals surface area contributed by atoms with Crippen LogP contribution in [-0.2, 0) is 14.3 Å². The number of carbonyl (C=O) groups is 2. The van der Waals surface area contributed by atoms with Gasteiger partial charge in [-0.25, -0.2) is 0 Å². The summed E-state index contributed by atoms with van der Waals surface area (Å²) in [6, 6.07) is 0. The first kappa shape index (κ1) is 20.2. The average Bonchev–Trinajstić information content (AvgIpc) is 2.59. The third-order valence-electron chi connectivity index (χ3n) is 5.47. The second-order valence-electron chi connectivity index (χ2n) is 8.68. The van der Waals surface area contributed by atoms with E-state index >= 15 is 0 Å². The van der Waals surface area contributed by atoms with E-state index < -0.39 is 0 Å². The molecular weight excluding hydrogens is 318 g/mol. The van der Waals surface area contributed by atoms with E-state index in [-0.39, 0.29) is 22.6 Å². The molecule has 2 aliphatic rings. The molecule has 1 unspecified atom stereocenters. The van der Waals surface area contributed by atoms with Gasteiger partial charge in [0.15, 0.2) is 0 Å². The highest BCUT2D eigenvalue weighted by Crippen LogP contribution is 2.33. The third kappa shape index (κ3) is 5.17. The Balaban J connectivity index is 1.95. The van der Waals surface area contributed by atoms with Crippen LogP contribution in [0.2, 0.25) is 0 Å². The SMILES string of the molecule is COCC1(C(=O)N2CCCC(CNC(=O)C(C)(C)C)C2)CCNCC1. The van der Waals surface area contributed by atoms with E-state index in [1.54, 1.807) is 7.11 Å². The van der Waals surface area contributed by atoms with Crippen LogP contribution in [0, 0.1) is 16.7 Å². The maximum absolute atomic E-state index is 13.2. The second kappa shape index (κ2) is 8.49. The highest BCUT2D eigenvalue weighted by molar-refractivity contribution is 5.83. The molecule has 2 aliphatic heterocycles. The Kier molecular flexibility index (Phi) is 6.86. The van der Waals surface area contributed by atoms with Crippen LogP contribution in [-0.4, -0.2) is 63.2 Å². The van der Waals surface area contributed by atoms with Crippen molar-refractivity contribution in [3.63, 3.8) is 0 Å². The molecule has 0 aliphatic carbocycles. The van der Waals surface area contributed by atoms with Gasteiger partial charge in [-0.3, -0.25) is 9.59 Å². The Morgan fingerprint density at radius 1 is 1.28 bits per heavy atom. The van der Waals surface area contributed by atoms with Crippen LogP contribution in [0.5, 0.6) is 0 Å². The molecule has 6 heteroatoms. The van der Waals surface area contributed by atoms with E-state index in [2.05, 4.69) is 10.6 Å². The van der Waals surface area contributed by atoms with E-state index in [0.29, 0.717) is 19.1 Å². The number of hydrogen-bond acceptors (Lipinski definition) is 4. The number of piperidine rings is 2. The predicted molar refractivity (Wildman–Crippen MR) is 98.2 cm³/mol. The van der Waals surface area contributed by atoms with Crippen molar-refractivity contribution in [2.75, 3.05) is 46.4 Å². The van der Waals surface area contributed by atoms with Gasteiger partial charge in [0.2, 0.25) is 11.8 Å². The van der Waals surface area contributed by atoms with Gasteiger partial charge in [0, 0.05) is 32.2 Å². The normalized spacial score (nSPS) is 24.0. The summed E-state index contributed by atoms with van der Waals surface area (Å²) in [7, 11) is 1.68. The van der Waals surface area contributed by atoms with E-state index in [9.17, 15) is 9.59 Å². The number of nitrogens with one attached hydrogen (secondary N) is 2. The van der Waals surface area contributed by atoms with Crippen molar-refractivity contribution in [2.24, 2.45) is 16.7 Å². The third-order valence-corrected chi connectivity index (χ3v) is 5.47. The smallest absolute Gasteiger partial charge is 0.231 e. The monoisotopic (exact) mass is 353 g/mol. The van der Waals surface area contributed by atoms with Crippen molar-refractivity contribution < 1.29 is 14.3 Å². The molecule has 2 fully saturated rings.